The van der Waals surface area contributed by atoms with E-state index in [-0.39, 0.29) is 17.6 Å². The largest absolute Gasteiger partial charge is 0.356 e. The Balaban J connectivity index is 1.57. The monoisotopic (exact) mass is 390 g/mol. The minimum Gasteiger partial charge on any atom is -0.356 e. The minimum atomic E-state index is -3.11. The molecule has 0 atom stereocenters. The number of piperazine rings is 1. The number of sulfonamides is 1. The molecule has 2 rings (SSSR count). The topological polar surface area (TPSA) is 75.4 Å². The van der Waals surface area contributed by atoms with Crippen molar-refractivity contribution in [3.8, 4) is 0 Å². The van der Waals surface area contributed by atoms with Gasteiger partial charge in [0.15, 0.2) is 0 Å². The fraction of sp³-hybridized carbons (Fsp3) is 0.944. The lowest BCUT2D eigenvalue weighted by molar-refractivity contribution is -1.01. The first-order valence-corrected chi connectivity index (χ1v) is 12.0. The number of carbonyl (C=O) groups is 1. The van der Waals surface area contributed by atoms with Crippen molar-refractivity contribution in [2.24, 2.45) is 5.92 Å². The summed E-state index contributed by atoms with van der Waals surface area (Å²) in [7, 11) is -3.11. The molecule has 2 aliphatic rings. The van der Waals surface area contributed by atoms with Crippen LogP contribution in [0.4, 0.5) is 0 Å². The summed E-state index contributed by atoms with van der Waals surface area (Å²) < 4.78 is 25.3. The number of nitrogens with one attached hydrogen (secondary N) is 3. The molecular formula is C18H38N4O3S+2. The highest BCUT2D eigenvalue weighted by Gasteiger charge is 2.30. The first-order valence-electron chi connectivity index (χ1n) is 10.4. The van der Waals surface area contributed by atoms with Crippen LogP contribution in [0.3, 0.4) is 0 Å². The molecule has 26 heavy (non-hydrogen) atoms. The second kappa shape index (κ2) is 10.6. The maximum atomic E-state index is 12.3. The van der Waals surface area contributed by atoms with Gasteiger partial charge in [-0.2, -0.15) is 0 Å². The third-order valence-corrected chi connectivity index (χ3v) is 7.74. The highest BCUT2D eigenvalue weighted by molar-refractivity contribution is 7.89. The molecule has 2 heterocycles. The van der Waals surface area contributed by atoms with Crippen LogP contribution >= 0.6 is 0 Å². The zero-order valence-corrected chi connectivity index (χ0v) is 17.4. The SMILES string of the molecule is CCC[NH+]1CC[NH+](CCCNC(=O)C2CCN(S(=O)(=O)CC)CC2)CC1. The summed E-state index contributed by atoms with van der Waals surface area (Å²) in [6.07, 6.45) is 3.56. The van der Waals surface area contributed by atoms with Gasteiger partial charge in [0, 0.05) is 32.0 Å². The Morgan fingerprint density at radius 1 is 1.04 bits per heavy atom. The Labute approximate surface area is 159 Å². The number of hydrogen-bond acceptors (Lipinski definition) is 3. The van der Waals surface area contributed by atoms with Crippen molar-refractivity contribution in [3.05, 3.63) is 0 Å². The van der Waals surface area contributed by atoms with Gasteiger partial charge in [0.2, 0.25) is 15.9 Å². The van der Waals surface area contributed by atoms with E-state index in [1.54, 1.807) is 16.7 Å². The second-order valence-electron chi connectivity index (χ2n) is 7.72. The molecule has 0 aromatic carbocycles. The predicted molar refractivity (Wildman–Crippen MR) is 103 cm³/mol. The summed E-state index contributed by atoms with van der Waals surface area (Å²) in [4.78, 5) is 15.7. The summed E-state index contributed by atoms with van der Waals surface area (Å²) >= 11 is 0. The normalized spacial score (nSPS) is 25.9. The molecule has 152 valence electrons. The smallest absolute Gasteiger partial charge is 0.223 e. The first kappa shape index (κ1) is 21.6. The third kappa shape index (κ3) is 6.48. The van der Waals surface area contributed by atoms with E-state index in [2.05, 4.69) is 12.2 Å². The van der Waals surface area contributed by atoms with Crippen LogP contribution in [-0.2, 0) is 14.8 Å². The Morgan fingerprint density at radius 3 is 2.15 bits per heavy atom. The number of quaternary nitrogens is 2. The highest BCUT2D eigenvalue weighted by Crippen LogP contribution is 2.19. The average molecular weight is 391 g/mol. The van der Waals surface area contributed by atoms with Crippen LogP contribution in [0.1, 0.15) is 39.5 Å². The summed E-state index contributed by atoms with van der Waals surface area (Å²) in [6, 6.07) is 0. The first-order chi connectivity index (χ1) is 12.5. The predicted octanol–water partition coefficient (Wildman–Crippen LogP) is -2.25. The number of nitrogens with zero attached hydrogens (tertiary/aromatic N) is 1. The zero-order valence-electron chi connectivity index (χ0n) is 16.6. The van der Waals surface area contributed by atoms with Gasteiger partial charge in [-0.1, -0.05) is 6.92 Å². The molecule has 0 spiro atoms. The van der Waals surface area contributed by atoms with Crippen LogP contribution in [-0.4, -0.2) is 83.3 Å². The van der Waals surface area contributed by atoms with E-state index in [9.17, 15) is 13.2 Å². The maximum Gasteiger partial charge on any atom is 0.223 e. The molecule has 7 nitrogen and oxygen atoms in total. The van der Waals surface area contributed by atoms with Crippen LogP contribution < -0.4 is 15.1 Å². The van der Waals surface area contributed by atoms with Crippen molar-refractivity contribution in [3.63, 3.8) is 0 Å². The molecule has 1 amide bonds. The van der Waals surface area contributed by atoms with Crippen LogP contribution in [0.25, 0.3) is 0 Å². The van der Waals surface area contributed by atoms with Crippen LogP contribution in [0, 0.1) is 5.92 Å². The second-order valence-corrected chi connectivity index (χ2v) is 9.98. The van der Waals surface area contributed by atoms with E-state index >= 15 is 0 Å². The highest BCUT2D eigenvalue weighted by atomic mass is 32.2. The number of rotatable bonds is 9. The summed E-state index contributed by atoms with van der Waals surface area (Å²) in [5.74, 6) is 0.207. The Hall–Kier alpha value is -0.700. The fourth-order valence-electron chi connectivity index (χ4n) is 4.08. The molecule has 0 aliphatic carbocycles. The van der Waals surface area contributed by atoms with Gasteiger partial charge in [-0.25, -0.2) is 12.7 Å². The lowest BCUT2D eigenvalue weighted by atomic mass is 9.97. The van der Waals surface area contributed by atoms with Crippen molar-refractivity contribution in [1.29, 1.82) is 0 Å². The number of carbonyl (C=O) groups excluding carboxylic acids is 1. The summed E-state index contributed by atoms with van der Waals surface area (Å²) in [5.41, 5.74) is 0. The van der Waals surface area contributed by atoms with E-state index in [0.29, 0.717) is 25.9 Å². The molecule has 2 fully saturated rings. The van der Waals surface area contributed by atoms with E-state index < -0.39 is 10.0 Å². The molecule has 2 saturated heterocycles. The number of amides is 1. The van der Waals surface area contributed by atoms with Gasteiger partial charge in [0.05, 0.1) is 18.8 Å². The van der Waals surface area contributed by atoms with Gasteiger partial charge < -0.3 is 15.1 Å². The minimum absolute atomic E-state index is 0.0353. The summed E-state index contributed by atoms with van der Waals surface area (Å²) in [6.45, 7) is 13.1. The quantitative estimate of drug-likeness (QED) is 0.389. The van der Waals surface area contributed by atoms with E-state index in [0.717, 1.165) is 19.5 Å². The van der Waals surface area contributed by atoms with Crippen LogP contribution in [0.5, 0.6) is 0 Å². The lowest BCUT2D eigenvalue weighted by Crippen LogP contribution is -3.28. The molecule has 8 heteroatoms. The number of piperidine rings is 1. The molecule has 0 saturated carbocycles. The Morgan fingerprint density at radius 2 is 1.62 bits per heavy atom. The molecule has 0 radical (unpaired) electrons. The Kier molecular flexibility index (Phi) is 8.79. The zero-order chi connectivity index (χ0) is 19.0. The molecule has 0 aromatic heterocycles. The molecule has 0 bridgehead atoms. The van der Waals surface area contributed by atoms with Crippen molar-refractivity contribution < 1.29 is 23.0 Å². The lowest BCUT2D eigenvalue weighted by Gasteiger charge is -2.30. The van der Waals surface area contributed by atoms with Gasteiger partial charge in [0.1, 0.15) is 26.2 Å². The van der Waals surface area contributed by atoms with Crippen LogP contribution in [0.15, 0.2) is 0 Å². The molecule has 0 aromatic rings. The third-order valence-electron chi connectivity index (χ3n) is 5.86. The van der Waals surface area contributed by atoms with Gasteiger partial charge in [-0.05, 0) is 26.2 Å². The van der Waals surface area contributed by atoms with Gasteiger partial charge in [0.25, 0.3) is 0 Å². The molecule has 2 aliphatic heterocycles. The molecule has 0 unspecified atom stereocenters. The van der Waals surface area contributed by atoms with E-state index in [4.69, 9.17) is 0 Å². The van der Waals surface area contributed by atoms with E-state index in [1.807, 2.05) is 0 Å². The number of hydrogen-bond donors (Lipinski definition) is 3. The molecule has 3 N–H and O–H groups in total. The van der Waals surface area contributed by atoms with Gasteiger partial charge in [-0.3, -0.25) is 4.79 Å². The van der Waals surface area contributed by atoms with E-state index in [1.165, 1.54) is 43.4 Å². The van der Waals surface area contributed by atoms with Crippen molar-refractivity contribution in [1.82, 2.24) is 9.62 Å². The fourth-order valence-corrected chi connectivity index (χ4v) is 5.22. The van der Waals surface area contributed by atoms with Crippen LogP contribution in [0.2, 0.25) is 0 Å². The molecular weight excluding hydrogens is 352 g/mol. The van der Waals surface area contributed by atoms with Gasteiger partial charge >= 0.3 is 0 Å². The summed E-state index contributed by atoms with van der Waals surface area (Å²) in [5, 5.41) is 3.06. The average Bonchev–Trinajstić information content (AvgIpc) is 2.66. The standard InChI is InChI=1S/C18H36N4O3S/c1-3-9-20-13-15-21(16-14-20)10-5-8-19-18(23)17-6-11-22(12-7-17)26(24,25)4-2/h17H,3-16H2,1-2H3,(H,19,23)/p+2. The van der Waals surface area contributed by atoms with Crippen molar-refractivity contribution in [2.45, 2.75) is 39.5 Å². The van der Waals surface area contributed by atoms with Crippen molar-refractivity contribution >= 4 is 15.9 Å². The Bertz CT molecular complexity index is 525. The van der Waals surface area contributed by atoms with Gasteiger partial charge in [-0.15, -0.1) is 0 Å². The maximum absolute atomic E-state index is 12.3. The van der Waals surface area contributed by atoms with Crippen molar-refractivity contribution in [2.75, 3.05) is 64.7 Å².